The van der Waals surface area contributed by atoms with Gasteiger partial charge < -0.3 is 15.0 Å². The van der Waals surface area contributed by atoms with Gasteiger partial charge in [-0.25, -0.2) is 0 Å². The standard InChI is InChI=1S/C15H22N2O2S/c1-10-7-13(11(2)17(10)12-3-4-12)14(18)16-8-15(19)5-6-20-9-15/h7,12,19H,3-6,8-9H2,1-2H3,(H,16,18). The normalized spacial score (nSPS) is 25.9. The Bertz CT molecular complexity index is 528. The van der Waals surface area contributed by atoms with Gasteiger partial charge in [0, 0.05) is 29.7 Å². The molecule has 0 radical (unpaired) electrons. The van der Waals surface area contributed by atoms with Gasteiger partial charge in [-0.2, -0.15) is 11.8 Å². The summed E-state index contributed by atoms with van der Waals surface area (Å²) < 4.78 is 2.27. The van der Waals surface area contributed by atoms with E-state index in [4.69, 9.17) is 0 Å². The third kappa shape index (κ3) is 2.61. The van der Waals surface area contributed by atoms with E-state index in [0.29, 0.717) is 18.3 Å². The molecule has 1 amide bonds. The van der Waals surface area contributed by atoms with E-state index in [1.165, 1.54) is 12.8 Å². The molecule has 1 aromatic rings. The highest BCUT2D eigenvalue weighted by Crippen LogP contribution is 2.38. The number of hydrogen-bond acceptors (Lipinski definition) is 3. The molecule has 2 aliphatic rings. The van der Waals surface area contributed by atoms with E-state index in [0.717, 1.165) is 29.1 Å². The van der Waals surface area contributed by atoms with Crippen LogP contribution in [0.5, 0.6) is 0 Å². The van der Waals surface area contributed by atoms with Gasteiger partial charge in [-0.3, -0.25) is 4.79 Å². The summed E-state index contributed by atoms with van der Waals surface area (Å²) in [6.45, 7) is 4.43. The predicted molar refractivity (Wildman–Crippen MR) is 81.4 cm³/mol. The molecule has 3 rings (SSSR count). The lowest BCUT2D eigenvalue weighted by atomic mass is 10.0. The molecule has 5 heteroatoms. The first-order valence-electron chi connectivity index (χ1n) is 7.27. The first kappa shape index (κ1) is 14.0. The molecule has 4 nitrogen and oxygen atoms in total. The molecule has 0 aromatic carbocycles. The lowest BCUT2D eigenvalue weighted by Gasteiger charge is -2.21. The van der Waals surface area contributed by atoms with Crippen LogP contribution in [-0.4, -0.2) is 39.2 Å². The number of aromatic nitrogens is 1. The van der Waals surface area contributed by atoms with E-state index >= 15 is 0 Å². The zero-order chi connectivity index (χ0) is 14.3. The zero-order valence-corrected chi connectivity index (χ0v) is 12.9. The molecular weight excluding hydrogens is 272 g/mol. The molecule has 2 N–H and O–H groups in total. The number of nitrogens with one attached hydrogen (secondary N) is 1. The number of aliphatic hydroxyl groups is 1. The average Bonchev–Trinajstić information content (AvgIpc) is 3.07. The Balaban J connectivity index is 1.69. The van der Waals surface area contributed by atoms with E-state index in [2.05, 4.69) is 16.8 Å². The number of nitrogens with zero attached hydrogens (tertiary/aromatic N) is 1. The number of aryl methyl sites for hydroxylation is 1. The monoisotopic (exact) mass is 294 g/mol. The first-order valence-corrected chi connectivity index (χ1v) is 8.42. The van der Waals surface area contributed by atoms with Crippen LogP contribution in [0.4, 0.5) is 0 Å². The molecule has 110 valence electrons. The van der Waals surface area contributed by atoms with Crippen LogP contribution in [-0.2, 0) is 0 Å². The van der Waals surface area contributed by atoms with Gasteiger partial charge >= 0.3 is 0 Å². The number of hydrogen-bond donors (Lipinski definition) is 2. The molecule has 1 aliphatic heterocycles. The highest BCUT2D eigenvalue weighted by atomic mass is 32.2. The van der Waals surface area contributed by atoms with Gasteiger partial charge in [-0.05, 0) is 44.9 Å². The Kier molecular flexibility index (Phi) is 3.58. The fourth-order valence-corrected chi connectivity index (χ4v) is 4.27. The molecule has 2 fully saturated rings. The van der Waals surface area contributed by atoms with E-state index in [9.17, 15) is 9.90 Å². The summed E-state index contributed by atoms with van der Waals surface area (Å²) in [5, 5.41) is 13.2. The molecule has 1 atom stereocenters. The van der Waals surface area contributed by atoms with Crippen molar-refractivity contribution in [3.05, 3.63) is 23.0 Å². The molecule has 1 saturated carbocycles. The SMILES string of the molecule is Cc1cc(C(=O)NCC2(O)CCSC2)c(C)n1C1CC1. The van der Waals surface area contributed by atoms with Crippen molar-refractivity contribution in [3.63, 3.8) is 0 Å². The summed E-state index contributed by atoms with van der Waals surface area (Å²) in [6, 6.07) is 2.56. The number of thioether (sulfide) groups is 1. The maximum atomic E-state index is 12.3. The second kappa shape index (κ2) is 5.11. The smallest absolute Gasteiger partial charge is 0.253 e. The molecule has 20 heavy (non-hydrogen) atoms. The van der Waals surface area contributed by atoms with E-state index in [1.54, 1.807) is 11.8 Å². The van der Waals surface area contributed by atoms with Gasteiger partial charge in [-0.15, -0.1) is 0 Å². The topological polar surface area (TPSA) is 54.3 Å². The highest BCUT2D eigenvalue weighted by Gasteiger charge is 2.33. The van der Waals surface area contributed by atoms with Crippen LogP contribution in [0.1, 0.15) is 47.1 Å². The minimum Gasteiger partial charge on any atom is -0.387 e. The quantitative estimate of drug-likeness (QED) is 0.893. The summed E-state index contributed by atoms with van der Waals surface area (Å²) in [5.41, 5.74) is 2.24. The van der Waals surface area contributed by atoms with E-state index in [1.807, 2.05) is 13.0 Å². The molecule has 1 aliphatic carbocycles. The molecule has 1 unspecified atom stereocenters. The molecule has 1 saturated heterocycles. The third-order valence-corrected chi connectivity index (χ3v) is 5.54. The Morgan fingerprint density at radius 1 is 1.55 bits per heavy atom. The Labute approximate surface area is 123 Å². The molecule has 0 bridgehead atoms. The van der Waals surface area contributed by atoms with Crippen molar-refractivity contribution in [1.82, 2.24) is 9.88 Å². The number of rotatable bonds is 4. The van der Waals surface area contributed by atoms with Crippen molar-refractivity contribution in [2.24, 2.45) is 0 Å². The highest BCUT2D eigenvalue weighted by molar-refractivity contribution is 7.99. The van der Waals surface area contributed by atoms with Crippen LogP contribution in [0.3, 0.4) is 0 Å². The Morgan fingerprint density at radius 2 is 2.30 bits per heavy atom. The van der Waals surface area contributed by atoms with E-state index in [-0.39, 0.29) is 5.91 Å². The lowest BCUT2D eigenvalue weighted by molar-refractivity contribution is 0.0612. The summed E-state index contributed by atoms with van der Waals surface area (Å²) in [6.07, 6.45) is 3.20. The van der Waals surface area contributed by atoms with Crippen LogP contribution >= 0.6 is 11.8 Å². The second-order valence-electron chi connectivity index (χ2n) is 6.10. The van der Waals surface area contributed by atoms with Crippen molar-refractivity contribution < 1.29 is 9.90 Å². The van der Waals surface area contributed by atoms with Crippen molar-refractivity contribution >= 4 is 17.7 Å². The minimum absolute atomic E-state index is 0.0599. The van der Waals surface area contributed by atoms with Gasteiger partial charge in [0.15, 0.2) is 0 Å². The predicted octanol–water partition coefficient (Wildman–Crippen LogP) is 2.04. The van der Waals surface area contributed by atoms with E-state index < -0.39 is 5.60 Å². The number of amides is 1. The summed E-state index contributed by atoms with van der Waals surface area (Å²) in [7, 11) is 0. The Hall–Kier alpha value is -0.940. The van der Waals surface area contributed by atoms with Crippen molar-refractivity contribution in [2.45, 2.75) is 44.8 Å². The van der Waals surface area contributed by atoms with Crippen LogP contribution in [0.15, 0.2) is 6.07 Å². The maximum absolute atomic E-state index is 12.3. The molecule has 1 aromatic heterocycles. The fourth-order valence-electron chi connectivity index (χ4n) is 2.98. The van der Waals surface area contributed by atoms with Gasteiger partial charge in [0.1, 0.15) is 0 Å². The van der Waals surface area contributed by atoms with Gasteiger partial charge in [0.2, 0.25) is 0 Å². The van der Waals surface area contributed by atoms with Crippen molar-refractivity contribution in [1.29, 1.82) is 0 Å². The Morgan fingerprint density at radius 3 is 2.90 bits per heavy atom. The van der Waals surface area contributed by atoms with Gasteiger partial charge in [-0.1, -0.05) is 0 Å². The van der Waals surface area contributed by atoms with Crippen LogP contribution in [0.25, 0.3) is 0 Å². The number of carbonyl (C=O) groups is 1. The van der Waals surface area contributed by atoms with Crippen LogP contribution in [0.2, 0.25) is 0 Å². The maximum Gasteiger partial charge on any atom is 0.253 e. The van der Waals surface area contributed by atoms with Crippen LogP contribution < -0.4 is 5.32 Å². The largest absolute Gasteiger partial charge is 0.387 e. The molecule has 2 heterocycles. The van der Waals surface area contributed by atoms with Gasteiger partial charge in [0.05, 0.1) is 11.2 Å². The lowest BCUT2D eigenvalue weighted by Crippen LogP contribution is -2.43. The summed E-state index contributed by atoms with van der Waals surface area (Å²) in [5.74, 6) is 1.63. The summed E-state index contributed by atoms with van der Waals surface area (Å²) in [4.78, 5) is 12.3. The fraction of sp³-hybridized carbons (Fsp3) is 0.667. The first-order chi connectivity index (χ1) is 9.50. The number of carbonyl (C=O) groups excluding carboxylic acids is 1. The van der Waals surface area contributed by atoms with Gasteiger partial charge in [0.25, 0.3) is 5.91 Å². The average molecular weight is 294 g/mol. The molecular formula is C15H22N2O2S. The third-order valence-electron chi connectivity index (χ3n) is 4.30. The van der Waals surface area contributed by atoms with Crippen LogP contribution in [0, 0.1) is 13.8 Å². The summed E-state index contributed by atoms with van der Waals surface area (Å²) >= 11 is 1.74. The second-order valence-corrected chi connectivity index (χ2v) is 7.20. The zero-order valence-electron chi connectivity index (χ0n) is 12.1. The minimum atomic E-state index is -0.720. The van der Waals surface area contributed by atoms with Crippen molar-refractivity contribution in [2.75, 3.05) is 18.1 Å². The van der Waals surface area contributed by atoms with Crippen molar-refractivity contribution in [3.8, 4) is 0 Å². The molecule has 0 spiro atoms.